The van der Waals surface area contributed by atoms with Crippen LogP contribution in [0.5, 0.6) is 0 Å². The second-order valence-electron chi connectivity index (χ2n) is 7.77. The molecular formula is C24H28N4O3. The topological polar surface area (TPSA) is 78.7 Å². The van der Waals surface area contributed by atoms with Gasteiger partial charge in [0.25, 0.3) is 11.9 Å². The number of para-hydroxylation sites is 2. The molecule has 0 unspecified atom stereocenters. The summed E-state index contributed by atoms with van der Waals surface area (Å²) in [4.78, 5) is 33.6. The van der Waals surface area contributed by atoms with Gasteiger partial charge in [0, 0.05) is 43.3 Å². The van der Waals surface area contributed by atoms with Crippen molar-refractivity contribution in [2.24, 2.45) is 5.92 Å². The number of amides is 2. The molecule has 7 heteroatoms. The molecular weight excluding hydrogens is 392 g/mol. The molecule has 0 atom stereocenters. The molecule has 0 radical (unpaired) electrons. The molecule has 1 aliphatic heterocycles. The number of oxazole rings is 1. The molecule has 0 aliphatic carbocycles. The number of fused-ring (bicyclic) bond motifs is 1. The summed E-state index contributed by atoms with van der Waals surface area (Å²) in [6.07, 6.45) is 1.48. The van der Waals surface area contributed by atoms with Crippen LogP contribution in [0.25, 0.3) is 11.1 Å². The molecule has 1 aromatic heterocycles. The number of anilines is 2. The van der Waals surface area contributed by atoms with Gasteiger partial charge in [-0.05, 0) is 63.1 Å². The van der Waals surface area contributed by atoms with Crippen molar-refractivity contribution in [1.29, 1.82) is 0 Å². The van der Waals surface area contributed by atoms with Crippen LogP contribution in [0.15, 0.2) is 52.9 Å². The van der Waals surface area contributed by atoms with Crippen molar-refractivity contribution in [1.82, 2.24) is 9.88 Å². The van der Waals surface area contributed by atoms with Crippen LogP contribution in [0.3, 0.4) is 0 Å². The van der Waals surface area contributed by atoms with Crippen molar-refractivity contribution < 1.29 is 14.0 Å². The summed E-state index contributed by atoms with van der Waals surface area (Å²) in [5.74, 6) is -0.0351. The summed E-state index contributed by atoms with van der Waals surface area (Å²) in [5.41, 5.74) is 2.97. The smallest absolute Gasteiger partial charge is 0.298 e. The maximum Gasteiger partial charge on any atom is 0.298 e. The van der Waals surface area contributed by atoms with E-state index in [1.807, 2.05) is 38.1 Å². The standard InChI is InChI=1S/C24H28N4O3/c1-3-27(4-2)23(30)18-9-11-19(12-10-18)25-22(29)17-13-15-28(16-14-17)24-26-20-7-5-6-8-21(20)31-24/h5-12,17H,3-4,13-16H2,1-2H3,(H,25,29). The van der Waals surface area contributed by atoms with E-state index in [9.17, 15) is 9.59 Å². The lowest BCUT2D eigenvalue weighted by Crippen LogP contribution is -2.38. The maximum atomic E-state index is 12.7. The Bertz CT molecular complexity index is 1020. The Morgan fingerprint density at radius 2 is 1.74 bits per heavy atom. The fourth-order valence-corrected chi connectivity index (χ4v) is 3.96. The van der Waals surface area contributed by atoms with Crippen molar-refractivity contribution in [2.75, 3.05) is 36.4 Å². The number of aromatic nitrogens is 1. The van der Waals surface area contributed by atoms with Crippen molar-refractivity contribution >= 4 is 34.6 Å². The van der Waals surface area contributed by atoms with Gasteiger partial charge in [0.1, 0.15) is 5.52 Å². The molecule has 0 saturated carbocycles. The number of hydrogen-bond acceptors (Lipinski definition) is 5. The quantitative estimate of drug-likeness (QED) is 0.648. The van der Waals surface area contributed by atoms with Crippen LogP contribution in [0.1, 0.15) is 37.0 Å². The third-order valence-electron chi connectivity index (χ3n) is 5.87. The molecule has 7 nitrogen and oxygen atoms in total. The molecule has 2 aromatic carbocycles. The van der Waals surface area contributed by atoms with E-state index in [1.54, 1.807) is 29.2 Å². The van der Waals surface area contributed by atoms with E-state index in [-0.39, 0.29) is 17.7 Å². The second kappa shape index (κ2) is 9.20. The summed E-state index contributed by atoms with van der Waals surface area (Å²) in [6.45, 7) is 6.73. The SMILES string of the molecule is CCN(CC)C(=O)c1ccc(NC(=O)C2CCN(c3nc4ccccc4o3)CC2)cc1. The zero-order valence-electron chi connectivity index (χ0n) is 18.0. The number of carbonyl (C=O) groups excluding carboxylic acids is 2. The molecule has 1 N–H and O–H groups in total. The van der Waals surface area contributed by atoms with Crippen LogP contribution < -0.4 is 10.2 Å². The van der Waals surface area contributed by atoms with E-state index >= 15 is 0 Å². The normalized spacial score (nSPS) is 14.6. The Labute approximate surface area is 182 Å². The number of nitrogens with one attached hydrogen (secondary N) is 1. The average Bonchev–Trinajstić information content (AvgIpc) is 3.25. The third kappa shape index (κ3) is 4.55. The number of nitrogens with zero attached hydrogens (tertiary/aromatic N) is 3. The number of benzene rings is 2. The minimum atomic E-state index is -0.0578. The maximum absolute atomic E-state index is 12.7. The summed E-state index contributed by atoms with van der Waals surface area (Å²) in [6, 6.07) is 15.5. The number of piperidine rings is 1. The van der Waals surface area contributed by atoms with Crippen LogP contribution in [-0.2, 0) is 4.79 Å². The van der Waals surface area contributed by atoms with Gasteiger partial charge in [-0.15, -0.1) is 0 Å². The van der Waals surface area contributed by atoms with Gasteiger partial charge in [-0.1, -0.05) is 12.1 Å². The van der Waals surface area contributed by atoms with Crippen LogP contribution in [0.2, 0.25) is 0 Å². The number of rotatable bonds is 6. The Morgan fingerprint density at radius 3 is 2.39 bits per heavy atom. The third-order valence-corrected chi connectivity index (χ3v) is 5.87. The molecule has 2 amide bonds. The van der Waals surface area contributed by atoms with E-state index in [2.05, 4.69) is 15.2 Å². The van der Waals surface area contributed by atoms with E-state index in [0.29, 0.717) is 30.4 Å². The zero-order chi connectivity index (χ0) is 21.8. The Balaban J connectivity index is 1.32. The largest absolute Gasteiger partial charge is 0.423 e. The minimum absolute atomic E-state index is 0.00875. The van der Waals surface area contributed by atoms with Gasteiger partial charge >= 0.3 is 0 Å². The van der Waals surface area contributed by atoms with Crippen LogP contribution in [0, 0.1) is 5.92 Å². The Kier molecular flexibility index (Phi) is 6.21. The van der Waals surface area contributed by atoms with Crippen LogP contribution in [-0.4, -0.2) is 47.9 Å². The zero-order valence-corrected chi connectivity index (χ0v) is 18.0. The molecule has 3 aromatic rings. The van der Waals surface area contributed by atoms with E-state index in [0.717, 1.165) is 37.0 Å². The van der Waals surface area contributed by atoms with Gasteiger partial charge in [-0.3, -0.25) is 9.59 Å². The van der Waals surface area contributed by atoms with Crippen LogP contribution >= 0.6 is 0 Å². The molecule has 1 fully saturated rings. The highest BCUT2D eigenvalue weighted by Crippen LogP contribution is 2.27. The molecule has 1 aliphatic rings. The van der Waals surface area contributed by atoms with E-state index < -0.39 is 0 Å². The lowest BCUT2D eigenvalue weighted by Gasteiger charge is -2.30. The van der Waals surface area contributed by atoms with Crippen molar-refractivity contribution in [3.8, 4) is 0 Å². The lowest BCUT2D eigenvalue weighted by atomic mass is 9.96. The summed E-state index contributed by atoms with van der Waals surface area (Å²) in [5, 5.41) is 2.99. The highest BCUT2D eigenvalue weighted by atomic mass is 16.4. The average molecular weight is 421 g/mol. The molecule has 4 rings (SSSR count). The molecule has 162 valence electrons. The predicted molar refractivity (Wildman–Crippen MR) is 121 cm³/mol. The lowest BCUT2D eigenvalue weighted by molar-refractivity contribution is -0.120. The fourth-order valence-electron chi connectivity index (χ4n) is 3.96. The Hall–Kier alpha value is -3.35. The highest BCUT2D eigenvalue weighted by Gasteiger charge is 2.27. The van der Waals surface area contributed by atoms with Gasteiger partial charge in [-0.2, -0.15) is 4.98 Å². The van der Waals surface area contributed by atoms with Gasteiger partial charge in [0.15, 0.2) is 5.58 Å². The van der Waals surface area contributed by atoms with Crippen molar-refractivity contribution in [2.45, 2.75) is 26.7 Å². The van der Waals surface area contributed by atoms with Crippen molar-refractivity contribution in [3.05, 3.63) is 54.1 Å². The first-order valence-electron chi connectivity index (χ1n) is 10.9. The number of hydrogen-bond donors (Lipinski definition) is 1. The summed E-state index contributed by atoms with van der Waals surface area (Å²) >= 11 is 0. The Morgan fingerprint density at radius 1 is 1.06 bits per heavy atom. The predicted octanol–water partition coefficient (Wildman–Crippen LogP) is 4.16. The van der Waals surface area contributed by atoms with Crippen molar-refractivity contribution in [3.63, 3.8) is 0 Å². The highest BCUT2D eigenvalue weighted by molar-refractivity contribution is 5.96. The summed E-state index contributed by atoms with van der Waals surface area (Å²) < 4.78 is 5.85. The first-order valence-corrected chi connectivity index (χ1v) is 10.9. The fraction of sp³-hybridized carbons (Fsp3) is 0.375. The summed E-state index contributed by atoms with van der Waals surface area (Å²) in [7, 11) is 0. The molecule has 31 heavy (non-hydrogen) atoms. The first kappa shape index (κ1) is 20.9. The van der Waals surface area contributed by atoms with E-state index in [4.69, 9.17) is 4.42 Å². The molecule has 0 bridgehead atoms. The van der Waals surface area contributed by atoms with Gasteiger partial charge in [0.05, 0.1) is 0 Å². The van der Waals surface area contributed by atoms with E-state index in [1.165, 1.54) is 0 Å². The molecule has 2 heterocycles. The van der Waals surface area contributed by atoms with Gasteiger partial charge in [0.2, 0.25) is 5.91 Å². The molecule has 0 spiro atoms. The van der Waals surface area contributed by atoms with Gasteiger partial charge < -0.3 is 19.5 Å². The monoisotopic (exact) mass is 420 g/mol. The van der Waals surface area contributed by atoms with Crippen LogP contribution in [0.4, 0.5) is 11.7 Å². The minimum Gasteiger partial charge on any atom is -0.423 e. The number of carbonyl (C=O) groups is 2. The first-order chi connectivity index (χ1) is 15.1. The molecule has 1 saturated heterocycles. The van der Waals surface area contributed by atoms with Gasteiger partial charge in [-0.25, -0.2) is 0 Å². The second-order valence-corrected chi connectivity index (χ2v) is 7.77.